The highest BCUT2D eigenvalue weighted by Crippen LogP contribution is 2.17. The van der Waals surface area contributed by atoms with Crippen LogP contribution in [0.2, 0.25) is 5.15 Å². The lowest BCUT2D eigenvalue weighted by Gasteiger charge is -2.12. The number of nitrogens with one attached hydrogen (secondary N) is 1. The standard InChI is InChI=1S/C16H17ClN2O/c1-12(13-5-3-2-4-6-13)7-9-19-16(20)14-8-10-18-15(17)11-14/h2-6,8,10-12H,7,9H2,1H3,(H,19,20). The van der Waals surface area contributed by atoms with Crippen LogP contribution in [0.4, 0.5) is 0 Å². The molecule has 1 aromatic heterocycles. The Labute approximate surface area is 124 Å². The molecule has 0 saturated heterocycles. The van der Waals surface area contributed by atoms with Crippen molar-refractivity contribution in [3.05, 3.63) is 64.9 Å². The molecule has 0 bridgehead atoms. The summed E-state index contributed by atoms with van der Waals surface area (Å²) >= 11 is 5.76. The normalized spacial score (nSPS) is 11.9. The van der Waals surface area contributed by atoms with Gasteiger partial charge < -0.3 is 5.32 Å². The van der Waals surface area contributed by atoms with E-state index >= 15 is 0 Å². The summed E-state index contributed by atoms with van der Waals surface area (Å²) < 4.78 is 0. The molecule has 0 aliphatic carbocycles. The predicted octanol–water partition coefficient (Wildman–Crippen LogP) is 3.66. The van der Waals surface area contributed by atoms with Crippen molar-refractivity contribution in [2.75, 3.05) is 6.54 Å². The van der Waals surface area contributed by atoms with E-state index in [9.17, 15) is 4.79 Å². The summed E-state index contributed by atoms with van der Waals surface area (Å²) in [7, 11) is 0. The van der Waals surface area contributed by atoms with E-state index in [1.165, 1.54) is 11.8 Å². The zero-order chi connectivity index (χ0) is 14.4. The molecule has 0 saturated carbocycles. The van der Waals surface area contributed by atoms with Crippen LogP contribution in [0.5, 0.6) is 0 Å². The number of aromatic nitrogens is 1. The predicted molar refractivity (Wildman–Crippen MR) is 81.1 cm³/mol. The summed E-state index contributed by atoms with van der Waals surface area (Å²) in [5, 5.41) is 3.23. The minimum absolute atomic E-state index is 0.116. The van der Waals surface area contributed by atoms with E-state index in [2.05, 4.69) is 29.4 Å². The molecule has 2 aromatic rings. The maximum absolute atomic E-state index is 11.9. The third kappa shape index (κ3) is 4.07. The molecule has 1 heterocycles. The van der Waals surface area contributed by atoms with Crippen LogP contribution >= 0.6 is 11.6 Å². The summed E-state index contributed by atoms with van der Waals surface area (Å²) in [5.41, 5.74) is 1.83. The van der Waals surface area contributed by atoms with Gasteiger partial charge in [0.15, 0.2) is 0 Å². The molecular formula is C16H17ClN2O. The van der Waals surface area contributed by atoms with Crippen LogP contribution in [0.3, 0.4) is 0 Å². The quantitative estimate of drug-likeness (QED) is 0.853. The number of benzene rings is 1. The van der Waals surface area contributed by atoms with E-state index in [1.54, 1.807) is 12.1 Å². The third-order valence-electron chi connectivity index (χ3n) is 3.22. The second kappa shape index (κ2) is 7.06. The molecule has 0 aliphatic rings. The minimum atomic E-state index is -0.116. The zero-order valence-electron chi connectivity index (χ0n) is 11.3. The topological polar surface area (TPSA) is 42.0 Å². The van der Waals surface area contributed by atoms with Crippen molar-refractivity contribution in [1.29, 1.82) is 0 Å². The van der Waals surface area contributed by atoms with Crippen LogP contribution in [0, 0.1) is 0 Å². The average Bonchev–Trinajstić information content (AvgIpc) is 2.48. The van der Waals surface area contributed by atoms with E-state index in [0.29, 0.717) is 23.2 Å². The Morgan fingerprint density at radius 2 is 2.05 bits per heavy atom. The Bertz CT molecular complexity index is 572. The molecule has 0 aliphatic heterocycles. The number of hydrogen-bond donors (Lipinski definition) is 1. The maximum atomic E-state index is 11.9. The van der Waals surface area contributed by atoms with Gasteiger partial charge in [0.25, 0.3) is 5.91 Å². The second-order valence-corrected chi connectivity index (χ2v) is 5.11. The highest BCUT2D eigenvalue weighted by Gasteiger charge is 2.08. The average molecular weight is 289 g/mol. The lowest BCUT2D eigenvalue weighted by molar-refractivity contribution is 0.0952. The molecule has 2 rings (SSSR count). The second-order valence-electron chi connectivity index (χ2n) is 4.72. The number of pyridine rings is 1. The lowest BCUT2D eigenvalue weighted by Crippen LogP contribution is -2.25. The molecule has 1 atom stereocenters. The Morgan fingerprint density at radius 1 is 1.30 bits per heavy atom. The first-order chi connectivity index (χ1) is 9.66. The summed E-state index contributed by atoms with van der Waals surface area (Å²) in [6, 6.07) is 13.5. The number of hydrogen-bond acceptors (Lipinski definition) is 2. The smallest absolute Gasteiger partial charge is 0.251 e. The fourth-order valence-corrected chi connectivity index (χ4v) is 2.17. The van der Waals surface area contributed by atoms with Crippen molar-refractivity contribution >= 4 is 17.5 Å². The van der Waals surface area contributed by atoms with Crippen LogP contribution in [0.15, 0.2) is 48.7 Å². The first-order valence-corrected chi connectivity index (χ1v) is 6.99. The molecule has 1 amide bonds. The third-order valence-corrected chi connectivity index (χ3v) is 3.43. The molecule has 104 valence electrons. The van der Waals surface area contributed by atoms with Crippen LogP contribution < -0.4 is 5.32 Å². The number of rotatable bonds is 5. The summed E-state index contributed by atoms with van der Waals surface area (Å²) in [4.78, 5) is 15.8. The fourth-order valence-electron chi connectivity index (χ4n) is 2.00. The molecule has 0 fully saturated rings. The van der Waals surface area contributed by atoms with Gasteiger partial charge in [0.1, 0.15) is 5.15 Å². The van der Waals surface area contributed by atoms with Gasteiger partial charge >= 0.3 is 0 Å². The molecular weight excluding hydrogens is 272 g/mol. The Hall–Kier alpha value is -1.87. The molecule has 1 unspecified atom stereocenters. The largest absolute Gasteiger partial charge is 0.352 e. The number of halogens is 1. The first-order valence-electron chi connectivity index (χ1n) is 6.61. The van der Waals surface area contributed by atoms with Gasteiger partial charge in [0.05, 0.1) is 0 Å². The van der Waals surface area contributed by atoms with Crippen molar-refractivity contribution in [3.63, 3.8) is 0 Å². The first kappa shape index (κ1) is 14.5. The van der Waals surface area contributed by atoms with Crippen LogP contribution in [0.1, 0.15) is 35.2 Å². The van der Waals surface area contributed by atoms with Crippen LogP contribution in [-0.2, 0) is 0 Å². The van der Waals surface area contributed by atoms with E-state index in [0.717, 1.165) is 6.42 Å². The van der Waals surface area contributed by atoms with Gasteiger partial charge in [0.2, 0.25) is 0 Å². The molecule has 0 radical (unpaired) electrons. The zero-order valence-corrected chi connectivity index (χ0v) is 12.1. The molecule has 1 N–H and O–H groups in total. The van der Waals surface area contributed by atoms with Crippen LogP contribution in [-0.4, -0.2) is 17.4 Å². The number of carbonyl (C=O) groups excluding carboxylic acids is 1. The summed E-state index contributed by atoms with van der Waals surface area (Å²) in [6.45, 7) is 2.79. The van der Waals surface area contributed by atoms with E-state index in [1.807, 2.05) is 18.2 Å². The van der Waals surface area contributed by atoms with E-state index < -0.39 is 0 Å². The minimum Gasteiger partial charge on any atom is -0.352 e. The molecule has 0 spiro atoms. The Balaban J connectivity index is 1.83. The van der Waals surface area contributed by atoms with Gasteiger partial charge in [-0.1, -0.05) is 48.9 Å². The Kier molecular flexibility index (Phi) is 5.13. The molecule has 20 heavy (non-hydrogen) atoms. The van der Waals surface area contributed by atoms with E-state index in [4.69, 9.17) is 11.6 Å². The van der Waals surface area contributed by atoms with Gasteiger partial charge in [-0.25, -0.2) is 4.98 Å². The highest BCUT2D eigenvalue weighted by molar-refractivity contribution is 6.29. The number of amides is 1. The molecule has 4 heteroatoms. The van der Waals surface area contributed by atoms with Crippen LogP contribution in [0.25, 0.3) is 0 Å². The number of carbonyl (C=O) groups is 1. The van der Waals surface area contributed by atoms with Gasteiger partial charge in [0, 0.05) is 18.3 Å². The van der Waals surface area contributed by atoms with Gasteiger partial charge in [-0.05, 0) is 30.0 Å². The fraction of sp³-hybridized carbons (Fsp3) is 0.250. The lowest BCUT2D eigenvalue weighted by atomic mass is 9.98. The van der Waals surface area contributed by atoms with Crippen molar-refractivity contribution < 1.29 is 4.79 Å². The molecule has 1 aromatic carbocycles. The summed E-state index contributed by atoms with van der Waals surface area (Å²) in [6.07, 6.45) is 2.43. The van der Waals surface area contributed by atoms with Gasteiger partial charge in [-0.2, -0.15) is 0 Å². The van der Waals surface area contributed by atoms with E-state index in [-0.39, 0.29) is 5.91 Å². The van der Waals surface area contributed by atoms with Crippen molar-refractivity contribution in [1.82, 2.24) is 10.3 Å². The SMILES string of the molecule is CC(CCNC(=O)c1ccnc(Cl)c1)c1ccccc1. The Morgan fingerprint density at radius 3 is 2.75 bits per heavy atom. The molecule has 3 nitrogen and oxygen atoms in total. The van der Waals surface area contributed by atoms with Gasteiger partial charge in [-0.15, -0.1) is 0 Å². The monoisotopic (exact) mass is 288 g/mol. The highest BCUT2D eigenvalue weighted by atomic mass is 35.5. The number of nitrogens with zero attached hydrogens (tertiary/aromatic N) is 1. The van der Waals surface area contributed by atoms with Crippen molar-refractivity contribution in [3.8, 4) is 0 Å². The van der Waals surface area contributed by atoms with Gasteiger partial charge in [-0.3, -0.25) is 4.79 Å². The van der Waals surface area contributed by atoms with Crippen molar-refractivity contribution in [2.24, 2.45) is 0 Å². The summed E-state index contributed by atoms with van der Waals surface area (Å²) in [5.74, 6) is 0.298. The van der Waals surface area contributed by atoms with Crippen molar-refractivity contribution in [2.45, 2.75) is 19.3 Å². The maximum Gasteiger partial charge on any atom is 0.251 e.